The molecule has 0 aliphatic heterocycles. The Morgan fingerprint density at radius 3 is 1.53 bits per heavy atom. The summed E-state index contributed by atoms with van der Waals surface area (Å²) in [6, 6.07) is 0.880. The zero-order valence-corrected chi connectivity index (χ0v) is 17.3. The van der Waals surface area contributed by atoms with Gasteiger partial charge in [0.1, 0.15) is 16.5 Å². The van der Waals surface area contributed by atoms with Crippen molar-refractivity contribution in [1.82, 2.24) is 4.23 Å². The Morgan fingerprint density at radius 1 is 0.842 bits per heavy atom. The highest BCUT2D eigenvalue weighted by atomic mass is 28.4. The summed E-state index contributed by atoms with van der Waals surface area (Å²) in [5, 5.41) is 0. The molecule has 7 heteroatoms. The predicted octanol–water partition coefficient (Wildman–Crippen LogP) is 3.57. The van der Waals surface area contributed by atoms with Gasteiger partial charge in [-0.15, -0.1) is 0 Å². The van der Waals surface area contributed by atoms with Crippen LogP contribution >= 0.6 is 0 Å². The summed E-state index contributed by atoms with van der Waals surface area (Å²) in [6.07, 6.45) is 1.02. The van der Waals surface area contributed by atoms with E-state index in [-0.39, 0.29) is 0 Å². The fourth-order valence-corrected chi connectivity index (χ4v) is 13.4. The molecule has 0 rings (SSSR count). The maximum absolute atomic E-state index is 6.17. The summed E-state index contributed by atoms with van der Waals surface area (Å²) in [7, 11) is -1.83. The Labute approximate surface area is 123 Å². The van der Waals surface area contributed by atoms with Gasteiger partial charge in [-0.3, -0.25) is 0 Å². The van der Waals surface area contributed by atoms with E-state index in [4.69, 9.17) is 13.3 Å². The zero-order valence-electron chi connectivity index (χ0n) is 14.3. The highest BCUT2D eigenvalue weighted by Gasteiger charge is 2.41. The lowest BCUT2D eigenvalue weighted by Gasteiger charge is -2.44. The van der Waals surface area contributed by atoms with Gasteiger partial charge in [0.15, 0.2) is 0 Å². The molecule has 0 aromatic carbocycles. The Balaban J connectivity index is 4.88. The highest BCUT2D eigenvalue weighted by molar-refractivity contribution is 6.89. The Kier molecular flexibility index (Phi) is 7.68. The second-order valence-corrected chi connectivity index (χ2v) is 20.1. The van der Waals surface area contributed by atoms with Gasteiger partial charge in [0.25, 0.3) is 0 Å². The maximum Gasteiger partial charge on any atom is 0.501 e. The van der Waals surface area contributed by atoms with Crippen molar-refractivity contribution in [2.24, 2.45) is 0 Å². The van der Waals surface area contributed by atoms with E-state index in [9.17, 15) is 0 Å². The summed E-state index contributed by atoms with van der Waals surface area (Å²) < 4.78 is 20.0. The van der Waals surface area contributed by atoms with Gasteiger partial charge in [0.05, 0.1) is 6.73 Å². The van der Waals surface area contributed by atoms with Crippen molar-refractivity contribution >= 4 is 25.3 Å². The fourth-order valence-electron chi connectivity index (χ4n) is 2.34. The van der Waals surface area contributed by atoms with Gasteiger partial charge in [0.2, 0.25) is 0 Å². The van der Waals surface area contributed by atoms with Crippen molar-refractivity contribution < 1.29 is 13.3 Å². The van der Waals surface area contributed by atoms with Crippen LogP contribution < -0.4 is 0 Å². The fraction of sp³-hybridized carbons (Fsp3) is 1.00. The van der Waals surface area contributed by atoms with Gasteiger partial charge >= 0.3 is 8.80 Å². The monoisotopic (exact) mass is 323 g/mol. The van der Waals surface area contributed by atoms with E-state index in [1.54, 1.807) is 14.2 Å². The van der Waals surface area contributed by atoms with Crippen LogP contribution in [0.25, 0.3) is 0 Å². The molecule has 19 heavy (non-hydrogen) atoms. The molecule has 0 aromatic rings. The molecular weight excluding hydrogens is 290 g/mol. The lowest BCUT2D eigenvalue weighted by Crippen LogP contribution is -2.61. The van der Waals surface area contributed by atoms with E-state index in [0.717, 1.165) is 12.5 Å². The number of rotatable bonds is 9. The van der Waals surface area contributed by atoms with E-state index in [1.807, 2.05) is 0 Å². The topological polar surface area (TPSA) is 30.9 Å². The average Bonchev–Trinajstić information content (AvgIpc) is 2.24. The van der Waals surface area contributed by atoms with Crippen LogP contribution in [0.4, 0.5) is 0 Å². The lowest BCUT2D eigenvalue weighted by molar-refractivity contribution is 0.0783. The van der Waals surface area contributed by atoms with E-state index in [2.05, 4.69) is 50.4 Å². The molecule has 0 bridgehead atoms. The van der Waals surface area contributed by atoms with E-state index in [1.165, 1.54) is 0 Å². The third kappa shape index (κ3) is 6.19. The van der Waals surface area contributed by atoms with Gasteiger partial charge < -0.3 is 17.5 Å². The van der Waals surface area contributed by atoms with Crippen molar-refractivity contribution in [2.45, 2.75) is 58.7 Å². The molecule has 0 amide bonds. The van der Waals surface area contributed by atoms with Gasteiger partial charge in [-0.2, -0.15) is 0 Å². The first-order chi connectivity index (χ1) is 8.52. The average molecular weight is 324 g/mol. The number of nitrogens with zero attached hydrogens (tertiary/aromatic N) is 1. The van der Waals surface area contributed by atoms with Crippen LogP contribution in [0, 0.1) is 0 Å². The standard InChI is InChI=1S/C12H33NO3Si3/c1-10-11-19(14-2,15-3)16-12-13(17(4,5)6)18(7,8)9/h10-12H2,1-9H3. The minimum atomic E-state index is -2.46. The first kappa shape index (κ1) is 19.5. The van der Waals surface area contributed by atoms with Crippen molar-refractivity contribution in [1.29, 1.82) is 0 Å². The summed E-state index contributed by atoms with van der Waals surface area (Å²) in [5.41, 5.74) is 0. The molecule has 0 aliphatic carbocycles. The van der Waals surface area contributed by atoms with Crippen LogP contribution in [0.15, 0.2) is 0 Å². The summed E-state index contributed by atoms with van der Waals surface area (Å²) in [5.74, 6) is 0. The first-order valence-electron chi connectivity index (χ1n) is 7.04. The molecule has 0 saturated carbocycles. The second kappa shape index (κ2) is 7.49. The molecule has 0 aromatic heterocycles. The normalized spacial score (nSPS) is 14.2. The van der Waals surface area contributed by atoms with Crippen molar-refractivity contribution in [2.75, 3.05) is 21.0 Å². The Morgan fingerprint density at radius 2 is 1.26 bits per heavy atom. The maximum atomic E-state index is 6.17. The summed E-state index contributed by atoms with van der Waals surface area (Å²) in [4.78, 5) is 0. The van der Waals surface area contributed by atoms with Gasteiger partial charge in [-0.1, -0.05) is 52.6 Å². The van der Waals surface area contributed by atoms with E-state index >= 15 is 0 Å². The molecule has 4 nitrogen and oxygen atoms in total. The summed E-state index contributed by atoms with van der Waals surface area (Å²) >= 11 is 0. The molecule has 116 valence electrons. The second-order valence-electron chi connectivity index (χ2n) is 6.88. The van der Waals surface area contributed by atoms with Crippen LogP contribution in [-0.4, -0.2) is 50.5 Å². The quantitative estimate of drug-likeness (QED) is 0.479. The predicted molar refractivity (Wildman–Crippen MR) is 89.4 cm³/mol. The summed E-state index contributed by atoms with van der Waals surface area (Å²) in [6.45, 7) is 17.0. The van der Waals surface area contributed by atoms with Gasteiger partial charge in [0, 0.05) is 20.3 Å². The van der Waals surface area contributed by atoms with E-state index in [0.29, 0.717) is 6.73 Å². The van der Waals surface area contributed by atoms with Crippen LogP contribution in [-0.2, 0) is 13.3 Å². The highest BCUT2D eigenvalue weighted by Crippen LogP contribution is 2.23. The van der Waals surface area contributed by atoms with Crippen LogP contribution in [0.2, 0.25) is 45.3 Å². The molecule has 0 saturated heterocycles. The molecular formula is C12H33NO3Si3. The molecule has 0 N–H and O–H groups in total. The molecule has 0 heterocycles. The van der Waals surface area contributed by atoms with Gasteiger partial charge in [-0.05, 0) is 0 Å². The molecule has 0 aliphatic rings. The van der Waals surface area contributed by atoms with Crippen molar-refractivity contribution in [3.63, 3.8) is 0 Å². The SMILES string of the molecule is CCC[Si](OC)(OC)OCN([Si](C)(C)C)[Si](C)(C)C. The molecule has 0 fully saturated rings. The lowest BCUT2D eigenvalue weighted by atomic mass is 10.6. The molecule has 0 radical (unpaired) electrons. The Bertz CT molecular complexity index is 246. The minimum Gasteiger partial charge on any atom is -0.377 e. The zero-order chi connectivity index (χ0) is 15.3. The third-order valence-electron chi connectivity index (χ3n) is 3.21. The third-order valence-corrected chi connectivity index (χ3v) is 13.7. The first-order valence-corrected chi connectivity index (χ1v) is 15.9. The smallest absolute Gasteiger partial charge is 0.377 e. The van der Waals surface area contributed by atoms with Crippen LogP contribution in [0.3, 0.4) is 0 Å². The van der Waals surface area contributed by atoms with E-state index < -0.39 is 25.3 Å². The van der Waals surface area contributed by atoms with Crippen molar-refractivity contribution in [3.8, 4) is 0 Å². The van der Waals surface area contributed by atoms with Crippen LogP contribution in [0.5, 0.6) is 0 Å². The molecule has 0 atom stereocenters. The van der Waals surface area contributed by atoms with Gasteiger partial charge in [-0.25, -0.2) is 0 Å². The largest absolute Gasteiger partial charge is 0.501 e. The van der Waals surface area contributed by atoms with Crippen molar-refractivity contribution in [3.05, 3.63) is 0 Å². The minimum absolute atomic E-state index is 0.652. The number of hydrogen-bond acceptors (Lipinski definition) is 4. The Hall–Kier alpha value is 0.491. The molecule has 0 unspecified atom stereocenters. The van der Waals surface area contributed by atoms with Crippen LogP contribution in [0.1, 0.15) is 13.3 Å². The number of hydrogen-bond donors (Lipinski definition) is 0. The molecule has 0 spiro atoms.